The molecule has 0 saturated carbocycles. The molecule has 0 unspecified atom stereocenters. The zero-order chi connectivity index (χ0) is 15.5. The van der Waals surface area contributed by atoms with Crippen molar-refractivity contribution in [3.05, 3.63) is 69.5 Å². The second-order valence-electron chi connectivity index (χ2n) is 4.98. The van der Waals surface area contributed by atoms with E-state index in [0.29, 0.717) is 10.6 Å². The largest absolute Gasteiger partial charge is 0.395 e. The highest BCUT2D eigenvalue weighted by atomic mass is 35.5. The van der Waals surface area contributed by atoms with Gasteiger partial charge in [0.15, 0.2) is 0 Å². The lowest BCUT2D eigenvalue weighted by Gasteiger charge is -2.31. The van der Waals surface area contributed by atoms with E-state index in [9.17, 15) is 14.6 Å². The zero-order valence-electron chi connectivity index (χ0n) is 11.2. The lowest BCUT2D eigenvalue weighted by atomic mass is 9.76. The third-order valence-electron chi connectivity index (χ3n) is 3.62. The van der Waals surface area contributed by atoms with Gasteiger partial charge in [0.05, 0.1) is 13.2 Å². The minimum atomic E-state index is -1.04. The standard InChI is InChI=1S/C16H15Cl2FO2/c17-12-4-1-3-11(7-12)16(9-20,10-21)8-13-14(18)5-2-6-15(13)19/h1-7,20-21H,8-10H2. The molecule has 2 aromatic rings. The number of aliphatic hydroxyl groups is 2. The highest BCUT2D eigenvalue weighted by Crippen LogP contribution is 2.33. The van der Waals surface area contributed by atoms with Crippen LogP contribution in [0.15, 0.2) is 42.5 Å². The summed E-state index contributed by atoms with van der Waals surface area (Å²) in [6.07, 6.45) is 0.0752. The Morgan fingerprint density at radius 1 is 1.00 bits per heavy atom. The molecule has 5 heteroatoms. The van der Waals surface area contributed by atoms with Crippen LogP contribution in [-0.4, -0.2) is 23.4 Å². The highest BCUT2D eigenvalue weighted by Gasteiger charge is 2.33. The van der Waals surface area contributed by atoms with Gasteiger partial charge < -0.3 is 10.2 Å². The second kappa shape index (κ2) is 6.75. The van der Waals surface area contributed by atoms with E-state index in [0.717, 1.165) is 0 Å². The normalized spacial score (nSPS) is 11.7. The van der Waals surface area contributed by atoms with Crippen molar-refractivity contribution in [2.75, 3.05) is 13.2 Å². The van der Waals surface area contributed by atoms with Crippen molar-refractivity contribution in [3.63, 3.8) is 0 Å². The lowest BCUT2D eigenvalue weighted by Crippen LogP contribution is -2.37. The Hall–Kier alpha value is -1.13. The van der Waals surface area contributed by atoms with Gasteiger partial charge in [0.25, 0.3) is 0 Å². The molecule has 112 valence electrons. The Bertz CT molecular complexity index is 607. The van der Waals surface area contributed by atoms with E-state index in [1.165, 1.54) is 12.1 Å². The molecule has 0 amide bonds. The van der Waals surface area contributed by atoms with E-state index < -0.39 is 11.2 Å². The monoisotopic (exact) mass is 328 g/mol. The first kappa shape index (κ1) is 16.2. The fraction of sp³-hybridized carbons (Fsp3) is 0.250. The van der Waals surface area contributed by atoms with Crippen molar-refractivity contribution in [1.29, 1.82) is 0 Å². The summed E-state index contributed by atoms with van der Waals surface area (Å²) >= 11 is 12.0. The number of hydrogen-bond acceptors (Lipinski definition) is 2. The lowest BCUT2D eigenvalue weighted by molar-refractivity contribution is 0.115. The maximum absolute atomic E-state index is 14.0. The summed E-state index contributed by atoms with van der Waals surface area (Å²) in [5, 5.41) is 20.3. The summed E-state index contributed by atoms with van der Waals surface area (Å²) in [5.41, 5.74) is -0.141. The molecule has 2 nitrogen and oxygen atoms in total. The van der Waals surface area contributed by atoms with Crippen molar-refractivity contribution in [2.45, 2.75) is 11.8 Å². The predicted molar refractivity (Wildman–Crippen MR) is 82.4 cm³/mol. The number of halogens is 3. The van der Waals surface area contributed by atoms with Gasteiger partial charge in [-0.1, -0.05) is 41.4 Å². The summed E-state index contributed by atoms with van der Waals surface area (Å²) in [7, 11) is 0. The molecule has 0 heterocycles. The smallest absolute Gasteiger partial charge is 0.127 e. The van der Waals surface area contributed by atoms with E-state index in [1.807, 2.05) is 0 Å². The number of rotatable bonds is 5. The van der Waals surface area contributed by atoms with Crippen LogP contribution in [0.2, 0.25) is 10.0 Å². The first-order valence-electron chi connectivity index (χ1n) is 6.43. The van der Waals surface area contributed by atoms with E-state index >= 15 is 0 Å². The molecular weight excluding hydrogens is 314 g/mol. The summed E-state index contributed by atoms with van der Waals surface area (Å²) in [5.74, 6) is -0.462. The zero-order valence-corrected chi connectivity index (χ0v) is 12.7. The first-order chi connectivity index (χ1) is 10.0. The topological polar surface area (TPSA) is 40.5 Å². The van der Waals surface area contributed by atoms with Crippen LogP contribution < -0.4 is 0 Å². The molecule has 0 radical (unpaired) electrons. The maximum Gasteiger partial charge on any atom is 0.127 e. The molecule has 0 saturated heterocycles. The molecular formula is C16H15Cl2FO2. The van der Waals surface area contributed by atoms with E-state index in [1.54, 1.807) is 30.3 Å². The van der Waals surface area contributed by atoms with Gasteiger partial charge in [-0.2, -0.15) is 0 Å². The van der Waals surface area contributed by atoms with Gasteiger partial charge in [-0.15, -0.1) is 0 Å². The Kier molecular flexibility index (Phi) is 5.22. The van der Waals surface area contributed by atoms with E-state index in [4.69, 9.17) is 23.2 Å². The number of aliphatic hydroxyl groups excluding tert-OH is 2. The van der Waals surface area contributed by atoms with Crippen LogP contribution in [0, 0.1) is 5.82 Å². The van der Waals surface area contributed by atoms with Gasteiger partial charge in [0.1, 0.15) is 5.82 Å². The van der Waals surface area contributed by atoms with Gasteiger partial charge >= 0.3 is 0 Å². The van der Waals surface area contributed by atoms with Crippen LogP contribution >= 0.6 is 23.2 Å². The van der Waals surface area contributed by atoms with E-state index in [-0.39, 0.29) is 30.2 Å². The van der Waals surface area contributed by atoms with Crippen LogP contribution in [-0.2, 0) is 11.8 Å². The number of hydrogen-bond donors (Lipinski definition) is 2. The van der Waals surface area contributed by atoms with Crippen molar-refractivity contribution in [3.8, 4) is 0 Å². The van der Waals surface area contributed by atoms with Crippen molar-refractivity contribution >= 4 is 23.2 Å². The van der Waals surface area contributed by atoms with Crippen LogP contribution in [0.3, 0.4) is 0 Å². The maximum atomic E-state index is 14.0. The molecule has 0 spiro atoms. The van der Waals surface area contributed by atoms with Crippen LogP contribution in [0.5, 0.6) is 0 Å². The van der Waals surface area contributed by atoms with Crippen molar-refractivity contribution in [1.82, 2.24) is 0 Å². The Labute approximate surface area is 132 Å². The molecule has 2 rings (SSSR count). The Balaban J connectivity index is 2.48. The molecule has 0 bridgehead atoms. The van der Waals surface area contributed by atoms with Gasteiger partial charge in [-0.3, -0.25) is 0 Å². The fourth-order valence-corrected chi connectivity index (χ4v) is 2.72. The molecule has 2 aromatic carbocycles. The molecule has 0 fully saturated rings. The van der Waals surface area contributed by atoms with Gasteiger partial charge in [0.2, 0.25) is 0 Å². The summed E-state index contributed by atoms with van der Waals surface area (Å²) in [4.78, 5) is 0. The van der Waals surface area contributed by atoms with Crippen LogP contribution in [0.1, 0.15) is 11.1 Å². The van der Waals surface area contributed by atoms with Crippen LogP contribution in [0.25, 0.3) is 0 Å². The van der Waals surface area contributed by atoms with Crippen LogP contribution in [0.4, 0.5) is 4.39 Å². The van der Waals surface area contributed by atoms with E-state index in [2.05, 4.69) is 0 Å². The van der Waals surface area contributed by atoms with Crippen molar-refractivity contribution < 1.29 is 14.6 Å². The fourth-order valence-electron chi connectivity index (χ4n) is 2.30. The van der Waals surface area contributed by atoms with Gasteiger partial charge in [-0.05, 0) is 36.2 Å². The molecule has 0 aliphatic carbocycles. The highest BCUT2D eigenvalue weighted by molar-refractivity contribution is 6.31. The third-order valence-corrected chi connectivity index (χ3v) is 4.21. The number of benzene rings is 2. The second-order valence-corrected chi connectivity index (χ2v) is 5.83. The average Bonchev–Trinajstić information content (AvgIpc) is 2.48. The minimum Gasteiger partial charge on any atom is -0.395 e. The quantitative estimate of drug-likeness (QED) is 0.880. The third kappa shape index (κ3) is 3.38. The first-order valence-corrected chi connectivity index (χ1v) is 7.18. The summed E-state index contributed by atoms with van der Waals surface area (Å²) < 4.78 is 14.0. The average molecular weight is 329 g/mol. The SMILES string of the molecule is OCC(CO)(Cc1c(F)cccc1Cl)c1cccc(Cl)c1. The molecule has 2 N–H and O–H groups in total. The molecule has 0 atom stereocenters. The summed E-state index contributed by atoms with van der Waals surface area (Å²) in [6, 6.07) is 11.2. The molecule has 0 aliphatic heterocycles. The van der Waals surface area contributed by atoms with Crippen molar-refractivity contribution in [2.24, 2.45) is 0 Å². The van der Waals surface area contributed by atoms with Gasteiger partial charge in [0, 0.05) is 21.0 Å². The van der Waals surface area contributed by atoms with Gasteiger partial charge in [-0.25, -0.2) is 4.39 Å². The summed E-state index contributed by atoms with van der Waals surface area (Å²) in [6.45, 7) is -0.705. The predicted octanol–water partition coefficient (Wildman–Crippen LogP) is 3.60. The molecule has 21 heavy (non-hydrogen) atoms. The minimum absolute atomic E-state index is 0.0752. The molecule has 0 aromatic heterocycles. The molecule has 0 aliphatic rings. The Morgan fingerprint density at radius 2 is 1.67 bits per heavy atom. The Morgan fingerprint density at radius 3 is 2.24 bits per heavy atom.